The maximum Gasteiger partial charge on any atom is 0.305 e. The highest BCUT2D eigenvalue weighted by Crippen LogP contribution is 2.52. The first-order chi connectivity index (χ1) is 24.6. The van der Waals surface area contributed by atoms with Gasteiger partial charge in [0.15, 0.2) is 11.6 Å². The van der Waals surface area contributed by atoms with Crippen LogP contribution in [0.2, 0.25) is 5.02 Å². The predicted molar refractivity (Wildman–Crippen MR) is 197 cm³/mol. The molecule has 1 unspecified atom stereocenters. The second-order valence-corrected chi connectivity index (χ2v) is 17.1. The molecule has 1 N–H and O–H groups in total. The molecule has 2 amide bonds. The molecule has 13 heteroatoms. The van der Waals surface area contributed by atoms with Crippen molar-refractivity contribution in [3.05, 3.63) is 82.3 Å². The monoisotopic (exact) mass is 734 g/mol. The van der Waals surface area contributed by atoms with Gasteiger partial charge < -0.3 is 14.4 Å². The van der Waals surface area contributed by atoms with Gasteiger partial charge in [0.1, 0.15) is 15.6 Å². The van der Waals surface area contributed by atoms with E-state index in [-0.39, 0.29) is 23.3 Å². The number of amides is 2. The van der Waals surface area contributed by atoms with Crippen molar-refractivity contribution >= 4 is 39.1 Å². The highest BCUT2D eigenvalue weighted by molar-refractivity contribution is 7.93. The molecular weight excluding hydrogens is 688 g/mol. The molecule has 2 fully saturated rings. The summed E-state index contributed by atoms with van der Waals surface area (Å²) in [5.74, 6) is 1.15. The third-order valence-corrected chi connectivity index (χ3v) is 14.0. The molecule has 2 saturated carbocycles. The molecule has 0 radical (unpaired) electrons. The molecule has 2 aliphatic heterocycles. The van der Waals surface area contributed by atoms with E-state index in [9.17, 15) is 13.8 Å². The first-order valence-corrected chi connectivity index (χ1v) is 20.0. The number of halogens is 1. The highest BCUT2D eigenvalue weighted by atomic mass is 35.5. The Morgan fingerprint density at radius 3 is 2.75 bits per heavy atom. The Hall–Kier alpha value is -3.74. The number of fused-ring (bicyclic) bond motifs is 5. The van der Waals surface area contributed by atoms with Crippen LogP contribution in [0, 0.1) is 23.7 Å². The molecule has 1 aromatic carbocycles. The summed E-state index contributed by atoms with van der Waals surface area (Å²) in [6, 6.07) is 9.52. The lowest BCUT2D eigenvalue weighted by Crippen LogP contribution is -2.44. The maximum absolute atomic E-state index is 15.0. The van der Waals surface area contributed by atoms with E-state index in [1.54, 1.807) is 26.3 Å². The molecule has 0 spiro atoms. The Balaban J connectivity index is 1.36. The van der Waals surface area contributed by atoms with Gasteiger partial charge in [0, 0.05) is 38.5 Å². The summed E-state index contributed by atoms with van der Waals surface area (Å²) in [5, 5.41) is 4.18. The Kier molecular flexibility index (Phi) is 10.3. The molecule has 7 rings (SSSR count). The molecule has 2 aliphatic carbocycles. The predicted octanol–water partition coefficient (Wildman–Crippen LogP) is 6.73. The minimum absolute atomic E-state index is 0.0363. The standard InChI is InChI=1S/C38H47ClN6O5S/c1-5-35-23(2)7-6-8-33(49-4)29-12-10-25(29)21-45-22-26-9-11-28(39)18-31(26)30-17-24(30)15-16-50-34-14-13-32(41-36(34)45)38(47)43-51(35,48)42-37(46)27-19-40-44(3)20-27/h6,8-9,11,13-14,18-20,23-25,29-30,33,35H,5,7,10,12,15-17,21-22H2,1-4H3,(H,42,43,46,47,48)/b8-6+/t23-,24+,25-,29+,30-,33-,35+,51?/m0/s1. The number of aromatic nitrogens is 3. The molecular formula is C38H47ClN6O5S. The number of rotatable bonds is 4. The first-order valence-electron chi connectivity index (χ1n) is 18.0. The number of nitrogens with one attached hydrogen (secondary N) is 1. The van der Waals surface area contributed by atoms with E-state index in [0.717, 1.165) is 30.7 Å². The van der Waals surface area contributed by atoms with Gasteiger partial charge in [-0.1, -0.05) is 43.7 Å². The Morgan fingerprint density at radius 1 is 1.18 bits per heavy atom. The number of hydrogen-bond donors (Lipinski definition) is 1. The van der Waals surface area contributed by atoms with Crippen molar-refractivity contribution < 1.29 is 23.3 Å². The summed E-state index contributed by atoms with van der Waals surface area (Å²) in [4.78, 5) is 34.8. The molecule has 4 aliphatic rings. The molecule has 3 aromatic rings. The molecule has 11 nitrogen and oxygen atoms in total. The van der Waals surface area contributed by atoms with Crippen LogP contribution in [-0.4, -0.2) is 62.4 Å². The van der Waals surface area contributed by atoms with Crippen molar-refractivity contribution in [2.75, 3.05) is 25.2 Å². The fourth-order valence-electron chi connectivity index (χ4n) is 8.17. The summed E-state index contributed by atoms with van der Waals surface area (Å²) in [6.07, 6.45) is 12.1. The minimum atomic E-state index is -3.65. The van der Waals surface area contributed by atoms with Gasteiger partial charge in [0.25, 0.3) is 5.91 Å². The largest absolute Gasteiger partial charge is 0.490 e. The minimum Gasteiger partial charge on any atom is -0.490 e. The molecule has 2 bridgehead atoms. The quantitative estimate of drug-likeness (QED) is 0.293. The highest BCUT2D eigenvalue weighted by Gasteiger charge is 2.42. The van der Waals surface area contributed by atoms with Gasteiger partial charge in [-0.3, -0.25) is 19.0 Å². The molecule has 51 heavy (non-hydrogen) atoms. The van der Waals surface area contributed by atoms with Crippen molar-refractivity contribution in [1.29, 1.82) is 0 Å². The summed E-state index contributed by atoms with van der Waals surface area (Å²) < 4.78 is 36.0. The number of pyridine rings is 1. The zero-order valence-electron chi connectivity index (χ0n) is 29.7. The van der Waals surface area contributed by atoms with E-state index in [1.165, 1.54) is 28.2 Å². The van der Waals surface area contributed by atoms with Crippen molar-refractivity contribution in [3.8, 4) is 5.75 Å². The first kappa shape index (κ1) is 35.7. The lowest BCUT2D eigenvalue weighted by Gasteiger charge is -2.43. The third kappa shape index (κ3) is 7.45. The second-order valence-electron chi connectivity index (χ2n) is 14.6. The van der Waals surface area contributed by atoms with Crippen molar-refractivity contribution in [1.82, 2.24) is 19.5 Å². The van der Waals surface area contributed by atoms with Gasteiger partial charge in [0.05, 0.1) is 29.7 Å². The van der Waals surface area contributed by atoms with Crippen LogP contribution in [0.4, 0.5) is 5.82 Å². The van der Waals surface area contributed by atoms with Gasteiger partial charge in [-0.15, -0.1) is 4.36 Å². The number of methoxy groups -OCH3 is 1. The average molecular weight is 735 g/mol. The van der Waals surface area contributed by atoms with E-state index >= 15 is 0 Å². The number of nitrogens with zero attached hydrogens (tertiary/aromatic N) is 5. The fraction of sp³-hybridized carbons (Fsp3) is 0.526. The number of ether oxygens (including phenoxy) is 2. The average Bonchev–Trinajstić information content (AvgIpc) is 3.73. The zero-order valence-corrected chi connectivity index (χ0v) is 31.2. The number of anilines is 1. The number of aryl methyl sites for hydroxylation is 1. The van der Waals surface area contributed by atoms with Gasteiger partial charge in [-0.2, -0.15) is 5.10 Å². The van der Waals surface area contributed by atoms with Gasteiger partial charge in [-0.05, 0) is 104 Å². The van der Waals surface area contributed by atoms with Crippen molar-refractivity contribution in [2.45, 2.75) is 76.2 Å². The SMILES string of the molecule is CC[C@@H]1[C@@H](C)C/C=C/[C@H](OC)[C@@H]2CC[C@H]2CN2Cc3ccc(Cl)cc3[C@H]3C[C@H]3CCOc3ccc(nc32)C(=O)N=S1(=O)NC(=O)c1cnn(C)c1. The summed E-state index contributed by atoms with van der Waals surface area (Å²) >= 11 is 6.54. The van der Waals surface area contributed by atoms with E-state index in [1.807, 2.05) is 19.9 Å². The maximum atomic E-state index is 15.0. The van der Waals surface area contributed by atoms with Crippen molar-refractivity contribution in [3.63, 3.8) is 0 Å². The van der Waals surface area contributed by atoms with E-state index in [2.05, 4.69) is 43.4 Å². The van der Waals surface area contributed by atoms with Crippen LogP contribution in [0.5, 0.6) is 5.75 Å². The summed E-state index contributed by atoms with van der Waals surface area (Å²) in [7, 11) is -0.206. The van der Waals surface area contributed by atoms with E-state index < -0.39 is 27.0 Å². The topological polar surface area (TPSA) is 128 Å². The van der Waals surface area contributed by atoms with Crippen LogP contribution in [0.1, 0.15) is 90.3 Å². The van der Waals surface area contributed by atoms with Gasteiger partial charge in [0.2, 0.25) is 0 Å². The lowest BCUT2D eigenvalue weighted by atomic mass is 9.70. The normalized spacial score (nSPS) is 31.3. The number of hydrogen-bond acceptors (Lipinski definition) is 8. The number of benzene rings is 1. The number of carbonyl (C=O) groups is 2. The van der Waals surface area contributed by atoms with Crippen LogP contribution < -0.4 is 14.4 Å². The molecule has 8 atom stereocenters. The van der Waals surface area contributed by atoms with E-state index in [0.29, 0.717) is 67.8 Å². The fourth-order valence-corrected chi connectivity index (χ4v) is 10.6. The van der Waals surface area contributed by atoms with Gasteiger partial charge in [-0.25, -0.2) is 9.19 Å². The van der Waals surface area contributed by atoms with Crippen LogP contribution in [0.15, 0.2) is 59.2 Å². The Morgan fingerprint density at radius 2 is 2.02 bits per heavy atom. The number of carbonyl (C=O) groups excluding carboxylic acids is 2. The van der Waals surface area contributed by atoms with Crippen LogP contribution >= 0.6 is 11.6 Å². The van der Waals surface area contributed by atoms with E-state index in [4.69, 9.17) is 26.1 Å². The summed E-state index contributed by atoms with van der Waals surface area (Å²) in [6.45, 7) is 5.63. The van der Waals surface area contributed by atoms with Gasteiger partial charge >= 0.3 is 5.91 Å². The van der Waals surface area contributed by atoms with Crippen LogP contribution in [-0.2, 0) is 28.2 Å². The summed E-state index contributed by atoms with van der Waals surface area (Å²) in [5.41, 5.74) is 2.70. The third-order valence-electron chi connectivity index (χ3n) is 11.2. The Bertz CT molecular complexity index is 1960. The molecule has 2 aromatic heterocycles. The van der Waals surface area contributed by atoms with Crippen LogP contribution in [0.25, 0.3) is 0 Å². The molecule has 272 valence electrons. The Labute approximate surface area is 305 Å². The number of allylic oxidation sites excluding steroid dienone is 1. The molecule has 0 saturated heterocycles. The second kappa shape index (κ2) is 14.7. The molecule has 4 heterocycles. The van der Waals surface area contributed by atoms with Crippen molar-refractivity contribution in [2.24, 2.45) is 35.1 Å². The van der Waals surface area contributed by atoms with Crippen LogP contribution in [0.3, 0.4) is 0 Å². The lowest BCUT2D eigenvalue weighted by molar-refractivity contribution is 0.0133. The zero-order chi connectivity index (χ0) is 35.9. The smallest absolute Gasteiger partial charge is 0.305 e.